The third-order valence-electron chi connectivity index (χ3n) is 7.36. The fourth-order valence-corrected chi connectivity index (χ4v) is 6.14. The summed E-state index contributed by atoms with van der Waals surface area (Å²) < 4.78 is 17.6. The largest absolute Gasteiger partial charge is 0.495 e. The van der Waals surface area contributed by atoms with Gasteiger partial charge in [0.2, 0.25) is 5.95 Å². The maximum Gasteiger partial charge on any atom is 0.230 e. The zero-order chi connectivity index (χ0) is 27.9. The zero-order valence-corrected chi connectivity index (χ0v) is 24.0. The van der Waals surface area contributed by atoms with Crippen LogP contribution in [0.4, 0.5) is 29.0 Å². The summed E-state index contributed by atoms with van der Waals surface area (Å²) in [6.07, 6.45) is 1.65. The Morgan fingerprint density at radius 1 is 1.05 bits per heavy atom. The van der Waals surface area contributed by atoms with Crippen LogP contribution in [-0.4, -0.2) is 59.3 Å². The molecule has 10 nitrogen and oxygen atoms in total. The predicted molar refractivity (Wildman–Crippen MR) is 157 cm³/mol. The number of nitrogens with zero attached hydrogens (tertiary/aromatic N) is 4. The molecule has 3 aromatic heterocycles. The van der Waals surface area contributed by atoms with Gasteiger partial charge in [-0.05, 0) is 56.0 Å². The van der Waals surface area contributed by atoms with Crippen molar-refractivity contribution in [3.8, 4) is 5.75 Å². The summed E-state index contributed by atoms with van der Waals surface area (Å²) in [4.78, 5) is 17.4. The summed E-state index contributed by atoms with van der Waals surface area (Å²) in [5.41, 5.74) is 2.45. The highest BCUT2D eigenvalue weighted by molar-refractivity contribution is 7.17. The summed E-state index contributed by atoms with van der Waals surface area (Å²) in [5.74, 6) is 2.06. The van der Waals surface area contributed by atoms with Crippen LogP contribution in [0.5, 0.6) is 5.75 Å². The van der Waals surface area contributed by atoms with Gasteiger partial charge in [0.1, 0.15) is 27.8 Å². The molecule has 0 saturated carbocycles. The number of fused-ring (bicyclic) bond motifs is 1. The Bertz CT molecular complexity index is 1520. The number of rotatable bonds is 7. The van der Waals surface area contributed by atoms with E-state index < -0.39 is 11.4 Å². The number of pyridine rings is 1. The number of piperidine rings is 1. The second-order valence-corrected chi connectivity index (χ2v) is 11.6. The number of methoxy groups -OCH3 is 1. The SMILES string of the molecule is COc1cc(Nc2nc(Nc3cccc(C(C)(C)O)n3)c3c(C)csc3n2)ccc1N1CCC2(CC1)OCCO2. The van der Waals surface area contributed by atoms with E-state index in [1.165, 1.54) is 0 Å². The lowest BCUT2D eigenvalue weighted by atomic mass is 10.0. The van der Waals surface area contributed by atoms with Crippen LogP contribution in [0.3, 0.4) is 0 Å². The highest BCUT2D eigenvalue weighted by atomic mass is 32.1. The molecule has 210 valence electrons. The van der Waals surface area contributed by atoms with Crippen LogP contribution in [0.1, 0.15) is 37.9 Å². The average Bonchev–Trinajstić information content (AvgIpc) is 3.55. The molecule has 6 rings (SSSR count). The van der Waals surface area contributed by atoms with Crippen LogP contribution in [0.2, 0.25) is 0 Å². The van der Waals surface area contributed by atoms with Gasteiger partial charge in [-0.1, -0.05) is 6.07 Å². The van der Waals surface area contributed by atoms with E-state index in [9.17, 15) is 5.11 Å². The van der Waals surface area contributed by atoms with E-state index in [-0.39, 0.29) is 0 Å². The van der Waals surface area contributed by atoms with Crippen molar-refractivity contribution in [2.75, 3.05) is 48.9 Å². The number of nitrogens with one attached hydrogen (secondary N) is 2. The van der Waals surface area contributed by atoms with Crippen LogP contribution in [-0.2, 0) is 15.1 Å². The third-order valence-corrected chi connectivity index (χ3v) is 8.35. The molecule has 0 unspecified atom stereocenters. The first-order valence-corrected chi connectivity index (χ1v) is 14.3. The van der Waals surface area contributed by atoms with Gasteiger partial charge in [-0.15, -0.1) is 11.3 Å². The lowest BCUT2D eigenvalue weighted by molar-refractivity contribution is -0.169. The van der Waals surface area contributed by atoms with E-state index in [4.69, 9.17) is 24.2 Å². The first-order chi connectivity index (χ1) is 19.2. The lowest BCUT2D eigenvalue weighted by Gasteiger charge is -2.39. The van der Waals surface area contributed by atoms with Crippen molar-refractivity contribution in [3.63, 3.8) is 0 Å². The number of anilines is 5. The van der Waals surface area contributed by atoms with Crippen molar-refractivity contribution in [2.24, 2.45) is 0 Å². The van der Waals surface area contributed by atoms with Crippen LogP contribution in [0, 0.1) is 6.92 Å². The Hall–Kier alpha value is -3.51. The molecule has 2 aliphatic heterocycles. The first kappa shape index (κ1) is 26.7. The molecular formula is C29H34N6O4S. The number of hydrogen-bond donors (Lipinski definition) is 3. The van der Waals surface area contributed by atoms with Gasteiger partial charge in [-0.25, -0.2) is 9.97 Å². The Morgan fingerprint density at radius 2 is 1.82 bits per heavy atom. The maximum atomic E-state index is 10.4. The molecule has 2 aliphatic rings. The summed E-state index contributed by atoms with van der Waals surface area (Å²) in [5, 5.41) is 20.1. The highest BCUT2D eigenvalue weighted by Gasteiger charge is 2.40. The molecule has 0 bridgehead atoms. The molecule has 11 heteroatoms. The third kappa shape index (κ3) is 5.29. The van der Waals surface area contributed by atoms with E-state index in [1.807, 2.05) is 31.2 Å². The fraction of sp³-hybridized carbons (Fsp3) is 0.414. The molecule has 4 aromatic rings. The van der Waals surface area contributed by atoms with Gasteiger partial charge < -0.3 is 34.9 Å². The molecule has 0 aliphatic carbocycles. The van der Waals surface area contributed by atoms with E-state index in [0.29, 0.717) is 36.5 Å². The monoisotopic (exact) mass is 562 g/mol. The van der Waals surface area contributed by atoms with Gasteiger partial charge in [0, 0.05) is 37.7 Å². The Labute approximate surface area is 237 Å². The molecule has 2 fully saturated rings. The van der Waals surface area contributed by atoms with Gasteiger partial charge in [-0.2, -0.15) is 4.98 Å². The van der Waals surface area contributed by atoms with E-state index in [2.05, 4.69) is 32.0 Å². The molecule has 0 amide bonds. The quantitative estimate of drug-likeness (QED) is 0.268. The van der Waals surface area contributed by atoms with Gasteiger partial charge in [-0.3, -0.25) is 0 Å². The van der Waals surface area contributed by atoms with E-state index >= 15 is 0 Å². The number of thiophene rings is 1. The molecule has 3 N–H and O–H groups in total. The van der Waals surface area contributed by atoms with Crippen LogP contribution < -0.4 is 20.3 Å². The summed E-state index contributed by atoms with van der Waals surface area (Å²) in [6.45, 7) is 8.47. The van der Waals surface area contributed by atoms with Crippen molar-refractivity contribution in [3.05, 3.63) is 53.0 Å². The molecule has 2 saturated heterocycles. The van der Waals surface area contributed by atoms with Crippen LogP contribution >= 0.6 is 11.3 Å². The van der Waals surface area contributed by atoms with E-state index in [0.717, 1.165) is 58.8 Å². The summed E-state index contributed by atoms with van der Waals surface area (Å²) >= 11 is 1.56. The summed E-state index contributed by atoms with van der Waals surface area (Å²) in [7, 11) is 1.69. The number of ether oxygens (including phenoxy) is 3. The minimum absolute atomic E-state index is 0.418. The number of aromatic nitrogens is 3. The second-order valence-electron chi connectivity index (χ2n) is 10.7. The van der Waals surface area contributed by atoms with Crippen LogP contribution in [0.25, 0.3) is 10.2 Å². The Morgan fingerprint density at radius 3 is 2.55 bits per heavy atom. The van der Waals surface area contributed by atoms with Crippen molar-refractivity contribution < 1.29 is 19.3 Å². The van der Waals surface area contributed by atoms with Gasteiger partial charge in [0.25, 0.3) is 0 Å². The first-order valence-electron chi connectivity index (χ1n) is 13.4. The molecular weight excluding hydrogens is 528 g/mol. The molecule has 5 heterocycles. The van der Waals surface area contributed by atoms with Gasteiger partial charge in [0.05, 0.1) is 37.1 Å². The Kier molecular flexibility index (Phi) is 6.99. The minimum Gasteiger partial charge on any atom is -0.495 e. The highest BCUT2D eigenvalue weighted by Crippen LogP contribution is 2.38. The number of aliphatic hydroxyl groups is 1. The summed E-state index contributed by atoms with van der Waals surface area (Å²) in [6, 6.07) is 11.6. The zero-order valence-electron chi connectivity index (χ0n) is 23.2. The standard InChI is InChI=1S/C29H34N6O4S/c1-18-17-40-26-24(18)25(32-23-7-5-6-22(31-23)28(2,3)36)33-27(34-26)30-19-8-9-20(21(16-19)37-4)35-12-10-29(11-13-35)38-14-15-39-29/h5-9,16-17,36H,10-15H2,1-4H3,(H2,30,31,32,33,34). The van der Waals surface area contributed by atoms with Crippen molar-refractivity contribution in [1.82, 2.24) is 15.0 Å². The fourth-order valence-electron chi connectivity index (χ4n) is 5.22. The normalized spacial score (nSPS) is 17.0. The smallest absolute Gasteiger partial charge is 0.230 e. The average molecular weight is 563 g/mol. The number of hydrogen-bond acceptors (Lipinski definition) is 11. The maximum absolute atomic E-state index is 10.4. The minimum atomic E-state index is -1.05. The van der Waals surface area contributed by atoms with Crippen molar-refractivity contribution in [1.29, 1.82) is 0 Å². The van der Waals surface area contributed by atoms with E-state index in [1.54, 1.807) is 38.4 Å². The molecule has 0 radical (unpaired) electrons. The number of aryl methyl sites for hydroxylation is 1. The molecule has 40 heavy (non-hydrogen) atoms. The Balaban J connectivity index is 1.25. The number of benzene rings is 1. The molecule has 0 atom stereocenters. The topological polar surface area (TPSA) is 114 Å². The van der Waals surface area contributed by atoms with Crippen molar-refractivity contribution in [2.45, 2.75) is 45.0 Å². The van der Waals surface area contributed by atoms with Crippen LogP contribution in [0.15, 0.2) is 41.8 Å². The molecule has 1 aromatic carbocycles. The van der Waals surface area contributed by atoms with Gasteiger partial charge >= 0.3 is 0 Å². The van der Waals surface area contributed by atoms with Gasteiger partial charge in [0.15, 0.2) is 5.79 Å². The molecule has 1 spiro atoms. The second kappa shape index (κ2) is 10.5. The lowest BCUT2D eigenvalue weighted by Crippen LogP contribution is -2.45. The van der Waals surface area contributed by atoms with Crippen molar-refractivity contribution >= 4 is 50.5 Å². The predicted octanol–water partition coefficient (Wildman–Crippen LogP) is 5.46.